The van der Waals surface area contributed by atoms with Crippen LogP contribution in [-0.2, 0) is 4.74 Å². The molecule has 4 nitrogen and oxygen atoms in total. The second-order valence-corrected chi connectivity index (χ2v) is 2.35. The van der Waals surface area contributed by atoms with Crippen molar-refractivity contribution in [2.24, 2.45) is 5.73 Å². The van der Waals surface area contributed by atoms with Gasteiger partial charge >= 0.3 is 0 Å². The van der Waals surface area contributed by atoms with Gasteiger partial charge in [0, 0.05) is 31.1 Å². The summed E-state index contributed by atoms with van der Waals surface area (Å²) in [6, 6.07) is 0. The van der Waals surface area contributed by atoms with Gasteiger partial charge < -0.3 is 10.5 Å². The maximum absolute atomic E-state index is 5.51. The highest BCUT2D eigenvalue weighted by Gasteiger charge is 2.08. The summed E-state index contributed by atoms with van der Waals surface area (Å²) >= 11 is 0. The highest BCUT2D eigenvalue weighted by Crippen LogP contribution is 2.12. The van der Waals surface area contributed by atoms with Crippen molar-refractivity contribution < 1.29 is 4.74 Å². The largest absolute Gasteiger partial charge is 0.372 e. The van der Waals surface area contributed by atoms with Gasteiger partial charge in [0.1, 0.15) is 6.33 Å². The van der Waals surface area contributed by atoms with Crippen molar-refractivity contribution in [2.45, 2.75) is 13.0 Å². The molecule has 0 aliphatic carbocycles. The van der Waals surface area contributed by atoms with E-state index in [0.717, 1.165) is 5.56 Å². The fourth-order valence-electron chi connectivity index (χ4n) is 0.978. The topological polar surface area (TPSA) is 61.0 Å². The van der Waals surface area contributed by atoms with E-state index >= 15 is 0 Å². The lowest BCUT2D eigenvalue weighted by Crippen LogP contribution is -2.16. The Kier molecular flexibility index (Phi) is 3.63. The van der Waals surface area contributed by atoms with Gasteiger partial charge in [-0.3, -0.25) is 0 Å². The van der Waals surface area contributed by atoms with Crippen LogP contribution in [0.5, 0.6) is 0 Å². The first-order valence-corrected chi connectivity index (χ1v) is 3.95. The Morgan fingerprint density at radius 1 is 1.50 bits per heavy atom. The molecule has 1 atom stereocenters. The van der Waals surface area contributed by atoms with Crippen molar-refractivity contribution >= 4 is 0 Å². The van der Waals surface area contributed by atoms with Crippen LogP contribution in [0, 0.1) is 0 Å². The summed E-state index contributed by atoms with van der Waals surface area (Å²) in [7, 11) is 0. The summed E-state index contributed by atoms with van der Waals surface area (Å²) in [5.74, 6) is 0. The molecule has 0 amide bonds. The standard InChI is InChI=1S/C8H13N3O/c1-2-12-8(3-9)7-4-10-6-11-5-7/h4-6,8H,2-3,9H2,1H3. The third kappa shape index (κ3) is 2.25. The van der Waals surface area contributed by atoms with Crippen LogP contribution >= 0.6 is 0 Å². The Hall–Kier alpha value is -1.00. The minimum absolute atomic E-state index is 0.0730. The molecular weight excluding hydrogens is 154 g/mol. The van der Waals surface area contributed by atoms with E-state index in [-0.39, 0.29) is 6.10 Å². The fraction of sp³-hybridized carbons (Fsp3) is 0.500. The Balaban J connectivity index is 2.66. The summed E-state index contributed by atoms with van der Waals surface area (Å²) in [5, 5.41) is 0. The molecule has 1 aromatic rings. The van der Waals surface area contributed by atoms with E-state index in [2.05, 4.69) is 9.97 Å². The molecule has 0 spiro atoms. The van der Waals surface area contributed by atoms with Gasteiger partial charge in [-0.25, -0.2) is 9.97 Å². The maximum atomic E-state index is 5.51. The normalized spacial score (nSPS) is 12.8. The van der Waals surface area contributed by atoms with Gasteiger partial charge in [-0.05, 0) is 6.92 Å². The predicted molar refractivity (Wildman–Crippen MR) is 45.5 cm³/mol. The average molecular weight is 167 g/mol. The van der Waals surface area contributed by atoms with Crippen molar-refractivity contribution in [3.05, 3.63) is 24.3 Å². The Morgan fingerprint density at radius 3 is 2.67 bits per heavy atom. The second-order valence-electron chi connectivity index (χ2n) is 2.35. The first-order valence-electron chi connectivity index (χ1n) is 3.95. The Morgan fingerprint density at radius 2 is 2.17 bits per heavy atom. The van der Waals surface area contributed by atoms with Crippen LogP contribution in [0.25, 0.3) is 0 Å². The first kappa shape index (κ1) is 9.09. The average Bonchev–Trinajstić information content (AvgIpc) is 2.15. The lowest BCUT2D eigenvalue weighted by Gasteiger charge is -2.13. The molecule has 0 saturated heterocycles. The van der Waals surface area contributed by atoms with Crippen LogP contribution in [0.15, 0.2) is 18.7 Å². The molecule has 0 bridgehead atoms. The van der Waals surface area contributed by atoms with Gasteiger partial charge in [-0.2, -0.15) is 0 Å². The van der Waals surface area contributed by atoms with E-state index < -0.39 is 0 Å². The molecule has 0 saturated carbocycles. The van der Waals surface area contributed by atoms with E-state index in [1.165, 1.54) is 6.33 Å². The zero-order valence-electron chi connectivity index (χ0n) is 7.10. The van der Waals surface area contributed by atoms with Crippen molar-refractivity contribution in [1.29, 1.82) is 0 Å². The number of ether oxygens (including phenoxy) is 1. The zero-order chi connectivity index (χ0) is 8.81. The first-order chi connectivity index (χ1) is 5.88. The molecule has 0 aliphatic heterocycles. The molecule has 12 heavy (non-hydrogen) atoms. The van der Waals surface area contributed by atoms with Crippen LogP contribution in [0.3, 0.4) is 0 Å². The smallest absolute Gasteiger partial charge is 0.115 e. The molecule has 0 aliphatic rings. The summed E-state index contributed by atoms with van der Waals surface area (Å²) in [6.45, 7) is 3.05. The molecule has 4 heteroatoms. The van der Waals surface area contributed by atoms with E-state index in [9.17, 15) is 0 Å². The van der Waals surface area contributed by atoms with Crippen molar-refractivity contribution in [1.82, 2.24) is 9.97 Å². The third-order valence-electron chi connectivity index (χ3n) is 1.53. The minimum Gasteiger partial charge on any atom is -0.372 e. The third-order valence-corrected chi connectivity index (χ3v) is 1.53. The molecule has 0 aromatic carbocycles. The van der Waals surface area contributed by atoms with Crippen LogP contribution in [-0.4, -0.2) is 23.1 Å². The number of nitrogens with two attached hydrogens (primary N) is 1. The second kappa shape index (κ2) is 4.79. The van der Waals surface area contributed by atoms with Crippen LogP contribution < -0.4 is 5.73 Å². The molecule has 1 aromatic heterocycles. The molecule has 2 N–H and O–H groups in total. The van der Waals surface area contributed by atoms with Crippen LogP contribution in [0.2, 0.25) is 0 Å². The SMILES string of the molecule is CCOC(CN)c1cncnc1. The quantitative estimate of drug-likeness (QED) is 0.709. The lowest BCUT2D eigenvalue weighted by atomic mass is 10.2. The number of aromatic nitrogens is 2. The Bertz CT molecular complexity index is 215. The minimum atomic E-state index is -0.0730. The van der Waals surface area contributed by atoms with Gasteiger partial charge in [0.05, 0.1) is 6.10 Å². The van der Waals surface area contributed by atoms with Gasteiger partial charge in [0.2, 0.25) is 0 Å². The van der Waals surface area contributed by atoms with Gasteiger partial charge in [0.15, 0.2) is 0 Å². The zero-order valence-corrected chi connectivity index (χ0v) is 7.10. The Labute approximate surface area is 71.8 Å². The molecule has 66 valence electrons. The molecule has 1 unspecified atom stereocenters. The van der Waals surface area contributed by atoms with Gasteiger partial charge in [-0.15, -0.1) is 0 Å². The predicted octanol–water partition coefficient (Wildman–Crippen LogP) is 0.513. The monoisotopic (exact) mass is 167 g/mol. The van der Waals surface area contributed by atoms with Crippen LogP contribution in [0.1, 0.15) is 18.6 Å². The van der Waals surface area contributed by atoms with E-state index in [1.807, 2.05) is 6.92 Å². The van der Waals surface area contributed by atoms with Gasteiger partial charge in [-0.1, -0.05) is 0 Å². The number of hydrogen-bond acceptors (Lipinski definition) is 4. The molecule has 1 heterocycles. The molecular formula is C8H13N3O. The van der Waals surface area contributed by atoms with Crippen LogP contribution in [0.4, 0.5) is 0 Å². The maximum Gasteiger partial charge on any atom is 0.115 e. The van der Waals surface area contributed by atoms with E-state index in [0.29, 0.717) is 13.2 Å². The van der Waals surface area contributed by atoms with Crippen molar-refractivity contribution in [2.75, 3.05) is 13.2 Å². The van der Waals surface area contributed by atoms with Gasteiger partial charge in [0.25, 0.3) is 0 Å². The summed E-state index contributed by atoms with van der Waals surface area (Å²) < 4.78 is 5.37. The highest BCUT2D eigenvalue weighted by atomic mass is 16.5. The van der Waals surface area contributed by atoms with Crippen molar-refractivity contribution in [3.63, 3.8) is 0 Å². The molecule has 1 rings (SSSR count). The summed E-state index contributed by atoms with van der Waals surface area (Å²) in [5.41, 5.74) is 6.44. The molecule has 0 radical (unpaired) electrons. The highest BCUT2D eigenvalue weighted by molar-refractivity contribution is 5.07. The number of nitrogens with zero attached hydrogens (tertiary/aromatic N) is 2. The number of rotatable bonds is 4. The van der Waals surface area contributed by atoms with E-state index in [4.69, 9.17) is 10.5 Å². The number of hydrogen-bond donors (Lipinski definition) is 1. The fourth-order valence-corrected chi connectivity index (χ4v) is 0.978. The summed E-state index contributed by atoms with van der Waals surface area (Å²) in [6.07, 6.45) is 4.86. The summed E-state index contributed by atoms with van der Waals surface area (Å²) in [4.78, 5) is 7.78. The molecule has 0 fully saturated rings. The van der Waals surface area contributed by atoms with Crippen molar-refractivity contribution in [3.8, 4) is 0 Å². The lowest BCUT2D eigenvalue weighted by molar-refractivity contribution is 0.0683. The van der Waals surface area contributed by atoms with E-state index in [1.54, 1.807) is 12.4 Å².